The number of rotatable bonds is 4. The number of amides is 2. The minimum atomic E-state index is -4.62. The Morgan fingerprint density at radius 3 is 2.71 bits per heavy atom. The van der Waals surface area contributed by atoms with Crippen LogP contribution in [0.15, 0.2) is 18.2 Å². The SMILES string of the molecule is CN(CC(=O)Nc1ccc(Cl)c(C(F)(F)F)c1)C(=O)C1CCCO1. The number of ether oxygens (including phenoxy) is 1. The second kappa shape index (κ2) is 7.40. The van der Waals surface area contributed by atoms with E-state index in [0.29, 0.717) is 13.0 Å². The Morgan fingerprint density at radius 1 is 1.42 bits per heavy atom. The average molecular weight is 365 g/mol. The van der Waals surface area contributed by atoms with Crippen LogP contribution >= 0.6 is 11.6 Å². The van der Waals surface area contributed by atoms with Gasteiger partial charge in [0.05, 0.1) is 17.1 Å². The molecule has 1 aromatic carbocycles. The molecule has 2 amide bonds. The highest BCUT2D eigenvalue weighted by molar-refractivity contribution is 6.31. The van der Waals surface area contributed by atoms with Crippen LogP contribution in [0.5, 0.6) is 0 Å². The topological polar surface area (TPSA) is 58.6 Å². The second-order valence-corrected chi connectivity index (χ2v) is 5.84. The van der Waals surface area contributed by atoms with Gasteiger partial charge in [0, 0.05) is 19.3 Å². The van der Waals surface area contributed by atoms with Gasteiger partial charge < -0.3 is 15.0 Å². The highest BCUT2D eigenvalue weighted by Crippen LogP contribution is 2.36. The summed E-state index contributed by atoms with van der Waals surface area (Å²) in [5.74, 6) is -0.936. The summed E-state index contributed by atoms with van der Waals surface area (Å²) in [6, 6.07) is 3.07. The second-order valence-electron chi connectivity index (χ2n) is 5.44. The van der Waals surface area contributed by atoms with E-state index in [9.17, 15) is 22.8 Å². The van der Waals surface area contributed by atoms with Crippen LogP contribution in [0.25, 0.3) is 0 Å². The Labute approximate surface area is 141 Å². The summed E-state index contributed by atoms with van der Waals surface area (Å²) in [6.07, 6.45) is -3.81. The predicted molar refractivity (Wildman–Crippen MR) is 81.7 cm³/mol. The summed E-state index contributed by atoms with van der Waals surface area (Å²) in [4.78, 5) is 25.1. The molecule has 132 valence electrons. The van der Waals surface area contributed by atoms with E-state index in [1.54, 1.807) is 0 Å². The maximum Gasteiger partial charge on any atom is 0.417 e. The number of carbonyl (C=O) groups is 2. The maximum absolute atomic E-state index is 12.8. The van der Waals surface area contributed by atoms with E-state index >= 15 is 0 Å². The van der Waals surface area contributed by atoms with Crippen molar-refractivity contribution in [2.24, 2.45) is 0 Å². The fourth-order valence-corrected chi connectivity index (χ4v) is 2.56. The van der Waals surface area contributed by atoms with Gasteiger partial charge in [-0.1, -0.05) is 11.6 Å². The lowest BCUT2D eigenvalue weighted by molar-refractivity contribution is -0.141. The number of benzene rings is 1. The van der Waals surface area contributed by atoms with Crippen molar-refractivity contribution in [1.29, 1.82) is 0 Å². The van der Waals surface area contributed by atoms with Crippen molar-refractivity contribution in [3.63, 3.8) is 0 Å². The number of anilines is 1. The highest BCUT2D eigenvalue weighted by Gasteiger charge is 2.33. The summed E-state index contributed by atoms with van der Waals surface area (Å²) in [5.41, 5.74) is -1.08. The fraction of sp³-hybridized carbons (Fsp3) is 0.467. The lowest BCUT2D eigenvalue weighted by Gasteiger charge is -2.20. The van der Waals surface area contributed by atoms with Gasteiger partial charge in [0.2, 0.25) is 5.91 Å². The van der Waals surface area contributed by atoms with Gasteiger partial charge in [0.25, 0.3) is 5.91 Å². The number of hydrogen-bond donors (Lipinski definition) is 1. The van der Waals surface area contributed by atoms with Crippen LogP contribution in [-0.2, 0) is 20.5 Å². The normalized spacial score (nSPS) is 17.6. The molecule has 0 bridgehead atoms. The molecule has 1 saturated heterocycles. The molecule has 1 atom stereocenters. The third-order valence-electron chi connectivity index (χ3n) is 3.52. The molecule has 0 radical (unpaired) electrons. The quantitative estimate of drug-likeness (QED) is 0.893. The van der Waals surface area contributed by atoms with E-state index < -0.39 is 28.8 Å². The summed E-state index contributed by atoms with van der Waals surface area (Å²) >= 11 is 5.52. The molecule has 24 heavy (non-hydrogen) atoms. The minimum Gasteiger partial charge on any atom is -0.368 e. The molecule has 1 aliphatic heterocycles. The van der Waals surface area contributed by atoms with Crippen molar-refractivity contribution in [2.75, 3.05) is 25.5 Å². The summed E-state index contributed by atoms with van der Waals surface area (Å²) < 4.78 is 43.6. The van der Waals surface area contributed by atoms with Crippen molar-refractivity contribution in [2.45, 2.75) is 25.1 Å². The lowest BCUT2D eigenvalue weighted by atomic mass is 10.2. The molecule has 0 aromatic heterocycles. The van der Waals surface area contributed by atoms with Crippen molar-refractivity contribution >= 4 is 29.1 Å². The largest absolute Gasteiger partial charge is 0.417 e. The van der Waals surface area contributed by atoms with Crippen molar-refractivity contribution in [3.8, 4) is 0 Å². The Bertz CT molecular complexity index is 631. The van der Waals surface area contributed by atoms with E-state index in [0.717, 1.165) is 18.6 Å². The van der Waals surface area contributed by atoms with E-state index in [-0.39, 0.29) is 18.1 Å². The van der Waals surface area contributed by atoms with Crippen LogP contribution in [0.4, 0.5) is 18.9 Å². The first kappa shape index (κ1) is 18.5. The Morgan fingerprint density at radius 2 is 2.12 bits per heavy atom. The molecule has 0 spiro atoms. The van der Waals surface area contributed by atoms with Gasteiger partial charge in [0.1, 0.15) is 6.10 Å². The van der Waals surface area contributed by atoms with Crippen LogP contribution in [-0.4, -0.2) is 43.0 Å². The van der Waals surface area contributed by atoms with Gasteiger partial charge in [-0.2, -0.15) is 13.2 Å². The summed E-state index contributed by atoms with van der Waals surface area (Å²) in [7, 11) is 1.44. The zero-order valence-corrected chi connectivity index (χ0v) is 13.6. The van der Waals surface area contributed by atoms with E-state index in [4.69, 9.17) is 16.3 Å². The monoisotopic (exact) mass is 364 g/mol. The maximum atomic E-state index is 12.8. The molecule has 9 heteroatoms. The molecule has 1 unspecified atom stereocenters. The molecule has 1 aliphatic rings. The van der Waals surface area contributed by atoms with Gasteiger partial charge >= 0.3 is 6.18 Å². The zero-order valence-electron chi connectivity index (χ0n) is 12.8. The van der Waals surface area contributed by atoms with E-state index in [2.05, 4.69) is 5.32 Å². The number of alkyl halides is 3. The smallest absolute Gasteiger partial charge is 0.368 e. The van der Waals surface area contributed by atoms with Gasteiger partial charge in [-0.3, -0.25) is 9.59 Å². The number of nitrogens with zero attached hydrogens (tertiary/aromatic N) is 1. The fourth-order valence-electron chi connectivity index (χ4n) is 2.33. The minimum absolute atomic E-state index is 0.0466. The van der Waals surface area contributed by atoms with Gasteiger partial charge in [-0.15, -0.1) is 0 Å². The third kappa shape index (κ3) is 4.61. The van der Waals surface area contributed by atoms with Crippen LogP contribution in [0.3, 0.4) is 0 Å². The highest BCUT2D eigenvalue weighted by atomic mass is 35.5. The molecule has 0 aliphatic carbocycles. The molecular formula is C15H16ClF3N2O3. The van der Waals surface area contributed by atoms with Crippen LogP contribution in [0.1, 0.15) is 18.4 Å². The first-order chi connectivity index (χ1) is 11.2. The van der Waals surface area contributed by atoms with Crippen LogP contribution in [0.2, 0.25) is 5.02 Å². The van der Waals surface area contributed by atoms with Gasteiger partial charge in [-0.25, -0.2) is 0 Å². The van der Waals surface area contributed by atoms with Crippen molar-refractivity contribution in [3.05, 3.63) is 28.8 Å². The molecule has 0 saturated carbocycles. The predicted octanol–water partition coefficient (Wildman–Crippen LogP) is 2.93. The number of carbonyl (C=O) groups excluding carboxylic acids is 2. The Hall–Kier alpha value is -1.80. The van der Waals surface area contributed by atoms with Gasteiger partial charge in [0.15, 0.2) is 0 Å². The lowest BCUT2D eigenvalue weighted by Crippen LogP contribution is -2.40. The molecule has 1 heterocycles. The first-order valence-corrected chi connectivity index (χ1v) is 7.59. The van der Waals surface area contributed by atoms with Crippen LogP contribution in [0, 0.1) is 0 Å². The molecule has 1 aromatic rings. The van der Waals surface area contributed by atoms with Crippen molar-refractivity contribution < 1.29 is 27.5 Å². The zero-order chi connectivity index (χ0) is 17.9. The number of nitrogens with one attached hydrogen (secondary N) is 1. The van der Waals surface area contributed by atoms with Crippen molar-refractivity contribution in [1.82, 2.24) is 4.90 Å². The standard InChI is InChI=1S/C15H16ClF3N2O3/c1-21(14(23)12-3-2-6-24-12)8-13(22)20-9-4-5-11(16)10(7-9)15(17,18)19/h4-5,7,12H,2-3,6,8H2,1H3,(H,20,22). The molecule has 5 nitrogen and oxygen atoms in total. The number of halogens is 4. The molecule has 1 fully saturated rings. The van der Waals surface area contributed by atoms with E-state index in [1.165, 1.54) is 18.0 Å². The first-order valence-electron chi connectivity index (χ1n) is 7.21. The molecule has 2 rings (SSSR count). The third-order valence-corrected chi connectivity index (χ3v) is 3.85. The number of hydrogen-bond acceptors (Lipinski definition) is 3. The summed E-state index contributed by atoms with van der Waals surface area (Å²) in [6.45, 7) is 0.212. The van der Waals surface area contributed by atoms with E-state index in [1.807, 2.05) is 0 Å². The van der Waals surface area contributed by atoms with Crippen LogP contribution < -0.4 is 5.32 Å². The number of likely N-dealkylation sites (N-methyl/N-ethyl adjacent to an activating group) is 1. The summed E-state index contributed by atoms with van der Waals surface area (Å²) in [5, 5.41) is 1.87. The Balaban J connectivity index is 1.98. The Kier molecular flexibility index (Phi) is 5.71. The molecule has 1 N–H and O–H groups in total. The van der Waals surface area contributed by atoms with Gasteiger partial charge in [-0.05, 0) is 31.0 Å². The average Bonchev–Trinajstić information content (AvgIpc) is 3.01. The molecular weight excluding hydrogens is 349 g/mol.